The van der Waals surface area contributed by atoms with Gasteiger partial charge in [-0.1, -0.05) is 0 Å². The fraction of sp³-hybridized carbons (Fsp3) is 0.538. The summed E-state index contributed by atoms with van der Waals surface area (Å²) >= 11 is 4.32. The fourth-order valence-electron chi connectivity index (χ4n) is 2.24. The lowest BCUT2D eigenvalue weighted by molar-refractivity contribution is 0.0492. The van der Waals surface area contributed by atoms with E-state index in [1.807, 2.05) is 18.2 Å². The lowest BCUT2D eigenvalue weighted by Gasteiger charge is -2.25. The Morgan fingerprint density at radius 2 is 2.05 bits per heavy atom. The molecule has 1 saturated heterocycles. The van der Waals surface area contributed by atoms with Crippen LogP contribution in [0.5, 0.6) is 5.75 Å². The van der Waals surface area contributed by atoms with E-state index in [0.29, 0.717) is 12.5 Å². The maximum Gasteiger partial charge on any atom is 0.137 e. The molecule has 0 atom stereocenters. The molecule has 1 aromatic rings. The van der Waals surface area contributed by atoms with E-state index in [-0.39, 0.29) is 0 Å². The molecule has 1 heterocycles. The molecule has 0 amide bonds. The second kappa shape index (κ2) is 6.25. The van der Waals surface area contributed by atoms with Gasteiger partial charge in [-0.25, -0.2) is 0 Å². The van der Waals surface area contributed by atoms with Crippen molar-refractivity contribution < 1.29 is 14.6 Å². The van der Waals surface area contributed by atoms with Crippen molar-refractivity contribution in [3.63, 3.8) is 0 Å². The Labute approximate surface area is 121 Å². The number of ether oxygens (including phenoxy) is 2. The van der Waals surface area contributed by atoms with Gasteiger partial charge in [-0.15, -0.1) is 12.6 Å². The van der Waals surface area contributed by atoms with Gasteiger partial charge in [-0.2, -0.15) is 0 Å². The van der Waals surface area contributed by atoms with E-state index >= 15 is 0 Å². The third-order valence-electron chi connectivity index (χ3n) is 3.44. The van der Waals surface area contributed by atoms with Gasteiger partial charge in [0.15, 0.2) is 0 Å². The highest BCUT2D eigenvalue weighted by atomic mass is 32.1. The molecule has 0 aliphatic carbocycles. The van der Waals surface area contributed by atoms with Gasteiger partial charge in [0.25, 0.3) is 0 Å². The van der Waals surface area contributed by atoms with Crippen LogP contribution >= 0.6 is 12.6 Å². The smallest absolute Gasteiger partial charge is 0.137 e. The van der Waals surface area contributed by atoms with Gasteiger partial charge in [-0.05, 0) is 37.0 Å². The second-order valence-corrected chi connectivity index (χ2v) is 6.12. The van der Waals surface area contributed by atoms with Crippen molar-refractivity contribution in [1.29, 1.82) is 0 Å². The molecule has 1 aromatic carbocycles. The van der Waals surface area contributed by atoms with Crippen LogP contribution in [-0.4, -0.2) is 40.6 Å². The first-order valence-corrected chi connectivity index (χ1v) is 7.18. The molecule has 19 heavy (non-hydrogen) atoms. The molecule has 0 aromatic heterocycles. The molecule has 6 heteroatoms. The van der Waals surface area contributed by atoms with Crippen molar-refractivity contribution in [3.05, 3.63) is 23.8 Å². The Morgan fingerprint density at radius 3 is 2.68 bits per heavy atom. The summed E-state index contributed by atoms with van der Waals surface area (Å²) in [5.41, 5.74) is 0.784. The largest absolute Gasteiger partial charge is 0.493 e. The summed E-state index contributed by atoms with van der Waals surface area (Å²) in [5.74, 6) is 1.29. The standard InChI is InChI=1S/C13H20B2O3S/c14-13(15,16)11-7-10(19)1-2-12(11)18-8-9-3-5-17-6-4-9/h1-2,7,9,16,19H,3-6,8,14-15H2. The summed E-state index contributed by atoms with van der Waals surface area (Å²) in [6.07, 6.45) is 2.09. The van der Waals surface area contributed by atoms with Gasteiger partial charge in [0.1, 0.15) is 21.4 Å². The van der Waals surface area contributed by atoms with Crippen LogP contribution in [0.2, 0.25) is 0 Å². The summed E-state index contributed by atoms with van der Waals surface area (Å²) in [4.78, 5) is 0.829. The van der Waals surface area contributed by atoms with Gasteiger partial charge in [0.2, 0.25) is 0 Å². The minimum Gasteiger partial charge on any atom is -0.493 e. The molecule has 0 saturated carbocycles. The number of rotatable bonds is 4. The molecule has 2 rings (SSSR count). The lowest BCUT2D eigenvalue weighted by Crippen LogP contribution is -2.28. The van der Waals surface area contributed by atoms with Crippen molar-refractivity contribution in [3.8, 4) is 5.75 Å². The van der Waals surface area contributed by atoms with E-state index in [9.17, 15) is 5.11 Å². The monoisotopic (exact) mass is 278 g/mol. The summed E-state index contributed by atoms with van der Waals surface area (Å²) in [6.45, 7) is 2.32. The van der Waals surface area contributed by atoms with Gasteiger partial charge in [-0.3, -0.25) is 0 Å². The Hall–Kier alpha value is -0.580. The second-order valence-electron chi connectivity index (χ2n) is 5.61. The normalized spacial score (nSPS) is 17.4. The minimum atomic E-state index is -0.927. The quantitative estimate of drug-likeness (QED) is 0.608. The summed E-state index contributed by atoms with van der Waals surface area (Å²) in [7, 11) is 3.52. The van der Waals surface area contributed by atoms with Crippen molar-refractivity contribution in [2.75, 3.05) is 19.8 Å². The third-order valence-corrected chi connectivity index (χ3v) is 3.72. The van der Waals surface area contributed by atoms with E-state index < -0.39 is 5.40 Å². The number of hydrogen-bond donors (Lipinski definition) is 2. The van der Waals surface area contributed by atoms with Crippen molar-refractivity contribution in [2.24, 2.45) is 5.92 Å². The molecule has 1 aliphatic heterocycles. The van der Waals surface area contributed by atoms with Crippen LogP contribution in [0.25, 0.3) is 0 Å². The average Bonchev–Trinajstić information content (AvgIpc) is 2.37. The zero-order valence-corrected chi connectivity index (χ0v) is 12.5. The zero-order valence-electron chi connectivity index (χ0n) is 11.6. The van der Waals surface area contributed by atoms with Gasteiger partial charge < -0.3 is 14.6 Å². The molecule has 0 spiro atoms. The lowest BCUT2D eigenvalue weighted by atomic mass is 9.61. The molecule has 1 aliphatic rings. The van der Waals surface area contributed by atoms with Crippen LogP contribution in [0.4, 0.5) is 0 Å². The first-order chi connectivity index (χ1) is 8.97. The molecule has 1 fully saturated rings. The van der Waals surface area contributed by atoms with Crippen molar-refractivity contribution in [1.82, 2.24) is 0 Å². The molecule has 0 unspecified atom stereocenters. The van der Waals surface area contributed by atoms with Gasteiger partial charge in [0, 0.05) is 29.1 Å². The predicted octanol–water partition coefficient (Wildman–Crippen LogP) is 0.149. The molecular weight excluding hydrogens is 258 g/mol. The van der Waals surface area contributed by atoms with Crippen LogP contribution in [0.3, 0.4) is 0 Å². The molecule has 1 N–H and O–H groups in total. The third kappa shape index (κ3) is 4.20. The highest BCUT2D eigenvalue weighted by Crippen LogP contribution is 2.29. The Kier molecular flexibility index (Phi) is 4.87. The fourth-order valence-corrected chi connectivity index (χ4v) is 2.45. The predicted molar refractivity (Wildman–Crippen MR) is 83.7 cm³/mol. The highest BCUT2D eigenvalue weighted by Gasteiger charge is 2.22. The first kappa shape index (κ1) is 14.8. The molecule has 0 radical (unpaired) electrons. The van der Waals surface area contributed by atoms with E-state index in [1.54, 1.807) is 15.7 Å². The van der Waals surface area contributed by atoms with Crippen LogP contribution in [0.1, 0.15) is 18.4 Å². The number of aliphatic hydroxyl groups is 1. The van der Waals surface area contributed by atoms with Crippen molar-refractivity contribution >= 4 is 28.3 Å². The Morgan fingerprint density at radius 1 is 1.37 bits per heavy atom. The number of benzene rings is 1. The van der Waals surface area contributed by atoms with Gasteiger partial charge in [0.05, 0.1) is 6.61 Å². The summed E-state index contributed by atoms with van der Waals surface area (Å²) in [6, 6.07) is 5.63. The highest BCUT2D eigenvalue weighted by molar-refractivity contribution is 7.80. The van der Waals surface area contributed by atoms with Crippen LogP contribution in [0.15, 0.2) is 23.1 Å². The SMILES string of the molecule is BC(B)(O)c1cc(S)ccc1OCC1CCOCC1. The maximum atomic E-state index is 10.2. The Balaban J connectivity index is 2.06. The number of hydrogen-bond acceptors (Lipinski definition) is 4. The zero-order chi connectivity index (χ0) is 13.9. The Bertz CT molecular complexity index is 428. The minimum absolute atomic E-state index is 0.541. The molecular formula is C13H20B2O3S. The average molecular weight is 278 g/mol. The van der Waals surface area contributed by atoms with Gasteiger partial charge >= 0.3 is 0 Å². The topological polar surface area (TPSA) is 38.7 Å². The summed E-state index contributed by atoms with van der Waals surface area (Å²) in [5, 5.41) is 9.27. The first-order valence-electron chi connectivity index (χ1n) is 6.73. The summed E-state index contributed by atoms with van der Waals surface area (Å²) < 4.78 is 11.2. The van der Waals surface area contributed by atoms with E-state index in [0.717, 1.165) is 42.3 Å². The van der Waals surface area contributed by atoms with E-state index in [4.69, 9.17) is 9.47 Å². The van der Waals surface area contributed by atoms with Crippen molar-refractivity contribution in [2.45, 2.75) is 23.1 Å². The molecule has 102 valence electrons. The maximum absolute atomic E-state index is 10.2. The van der Waals surface area contributed by atoms with Crippen LogP contribution in [-0.2, 0) is 10.1 Å². The molecule has 3 nitrogen and oxygen atoms in total. The van der Waals surface area contributed by atoms with Crippen LogP contribution in [0, 0.1) is 5.92 Å². The van der Waals surface area contributed by atoms with Crippen LogP contribution < -0.4 is 4.74 Å². The molecule has 0 bridgehead atoms. The van der Waals surface area contributed by atoms with E-state index in [1.165, 1.54) is 0 Å². The van der Waals surface area contributed by atoms with E-state index in [2.05, 4.69) is 12.6 Å². The number of thiol groups is 1.